The van der Waals surface area contributed by atoms with E-state index in [1.165, 1.54) is 31.5 Å². The maximum atomic E-state index is 12.0. The van der Waals surface area contributed by atoms with Crippen molar-refractivity contribution in [2.75, 3.05) is 0 Å². The number of H-pyrrole nitrogens is 1. The zero-order chi connectivity index (χ0) is 11.6. The lowest BCUT2D eigenvalue weighted by Crippen LogP contribution is -2.30. The van der Waals surface area contributed by atoms with Gasteiger partial charge < -0.3 is 0 Å². The maximum absolute atomic E-state index is 12.0. The summed E-state index contributed by atoms with van der Waals surface area (Å²) in [5.74, 6) is 2.79. The van der Waals surface area contributed by atoms with Crippen LogP contribution in [0, 0.1) is 23.7 Å². The van der Waals surface area contributed by atoms with E-state index in [0.29, 0.717) is 11.8 Å². The molecule has 5 nitrogen and oxygen atoms in total. The van der Waals surface area contributed by atoms with Gasteiger partial charge in [0.2, 0.25) is 0 Å². The number of hydrogen-bond donors (Lipinski definition) is 2. The lowest BCUT2D eigenvalue weighted by atomic mass is 10.0. The predicted octanol–water partition coefficient (Wildman–Crippen LogP) is 0.732. The largest absolute Gasteiger partial charge is 0.266 e. The number of rotatable bonds is 3. The van der Waals surface area contributed by atoms with Gasteiger partial charge in [0.25, 0.3) is 10.0 Å². The van der Waals surface area contributed by atoms with E-state index in [1.807, 2.05) is 0 Å². The second-order valence-electron chi connectivity index (χ2n) is 5.56. The Bertz CT molecular complexity index is 523. The molecule has 0 saturated heterocycles. The maximum Gasteiger partial charge on any atom is 0.257 e. The SMILES string of the molecule is O=S(=O)(NC1C2C3CCC(C3)C12)c1ccn[nH]1. The summed E-state index contributed by atoms with van der Waals surface area (Å²) in [5, 5.41) is 6.38. The van der Waals surface area contributed by atoms with Crippen LogP contribution < -0.4 is 4.72 Å². The van der Waals surface area contributed by atoms with E-state index < -0.39 is 10.0 Å². The molecular weight excluding hydrogens is 238 g/mol. The zero-order valence-electron chi connectivity index (χ0n) is 9.33. The number of hydrogen-bond acceptors (Lipinski definition) is 3. The van der Waals surface area contributed by atoms with E-state index in [9.17, 15) is 8.42 Å². The van der Waals surface area contributed by atoms with E-state index in [4.69, 9.17) is 0 Å². The van der Waals surface area contributed by atoms with Gasteiger partial charge in [-0.1, -0.05) is 0 Å². The molecule has 2 N–H and O–H groups in total. The smallest absolute Gasteiger partial charge is 0.257 e. The first kappa shape index (κ1) is 10.1. The van der Waals surface area contributed by atoms with Gasteiger partial charge in [0.1, 0.15) is 0 Å². The van der Waals surface area contributed by atoms with Crippen molar-refractivity contribution in [3.8, 4) is 0 Å². The Kier molecular flexibility index (Phi) is 1.85. The third kappa shape index (κ3) is 1.34. The van der Waals surface area contributed by atoms with Gasteiger partial charge in [0.15, 0.2) is 5.03 Å². The molecule has 3 saturated carbocycles. The first-order chi connectivity index (χ1) is 8.17. The topological polar surface area (TPSA) is 74.8 Å². The van der Waals surface area contributed by atoms with Crippen LogP contribution in [0.25, 0.3) is 0 Å². The monoisotopic (exact) mass is 253 g/mol. The van der Waals surface area contributed by atoms with Crippen molar-refractivity contribution < 1.29 is 8.42 Å². The fraction of sp³-hybridized carbons (Fsp3) is 0.727. The lowest BCUT2D eigenvalue weighted by Gasteiger charge is -2.09. The van der Waals surface area contributed by atoms with Crippen LogP contribution in [0.15, 0.2) is 17.3 Å². The predicted molar refractivity (Wildman–Crippen MR) is 60.5 cm³/mol. The molecule has 1 heterocycles. The first-order valence-electron chi connectivity index (χ1n) is 6.18. The van der Waals surface area contributed by atoms with Crippen LogP contribution in [0.2, 0.25) is 0 Å². The van der Waals surface area contributed by atoms with Gasteiger partial charge in [-0.05, 0) is 49.0 Å². The molecule has 0 spiro atoms. The Morgan fingerprint density at radius 1 is 1.29 bits per heavy atom. The highest BCUT2D eigenvalue weighted by Gasteiger charge is 2.65. The van der Waals surface area contributed by atoms with Gasteiger partial charge in [-0.15, -0.1) is 0 Å². The second-order valence-corrected chi connectivity index (χ2v) is 7.24. The second kappa shape index (κ2) is 3.11. The highest BCUT2D eigenvalue weighted by Crippen LogP contribution is 2.65. The number of nitrogens with one attached hydrogen (secondary N) is 2. The van der Waals surface area contributed by atoms with Crippen LogP contribution >= 0.6 is 0 Å². The molecule has 4 atom stereocenters. The van der Waals surface area contributed by atoms with Crippen molar-refractivity contribution in [1.29, 1.82) is 0 Å². The van der Waals surface area contributed by atoms with Crippen molar-refractivity contribution >= 4 is 10.0 Å². The Balaban J connectivity index is 1.54. The molecule has 4 unspecified atom stereocenters. The number of aromatic amines is 1. The molecule has 3 aliphatic carbocycles. The molecule has 1 aromatic rings. The summed E-state index contributed by atoms with van der Waals surface area (Å²) in [6.07, 6.45) is 5.39. The van der Waals surface area contributed by atoms with Crippen molar-refractivity contribution in [3.05, 3.63) is 12.3 Å². The minimum Gasteiger partial charge on any atom is -0.266 e. The van der Waals surface area contributed by atoms with Crippen LogP contribution in [0.1, 0.15) is 19.3 Å². The minimum atomic E-state index is -3.38. The van der Waals surface area contributed by atoms with E-state index in [-0.39, 0.29) is 11.1 Å². The number of aromatic nitrogens is 2. The normalized spacial score (nSPS) is 42.7. The van der Waals surface area contributed by atoms with Crippen molar-refractivity contribution in [3.63, 3.8) is 0 Å². The fourth-order valence-electron chi connectivity index (χ4n) is 4.12. The fourth-order valence-corrected chi connectivity index (χ4v) is 5.33. The average Bonchev–Trinajstić information content (AvgIpc) is 2.83. The third-order valence-corrected chi connectivity index (χ3v) is 6.18. The first-order valence-corrected chi connectivity index (χ1v) is 7.67. The standard InChI is InChI=1S/C11H15N3O2S/c15-17(16,8-3-4-12-13-8)14-11-9-6-1-2-7(5-6)10(9)11/h3-4,6-7,9-11,14H,1-2,5H2,(H,12,13). The van der Waals surface area contributed by atoms with Crippen molar-refractivity contribution in [1.82, 2.24) is 14.9 Å². The van der Waals surface area contributed by atoms with Crippen LogP contribution in [-0.2, 0) is 10.0 Å². The van der Waals surface area contributed by atoms with Crippen molar-refractivity contribution in [2.45, 2.75) is 30.3 Å². The van der Waals surface area contributed by atoms with Crippen molar-refractivity contribution in [2.24, 2.45) is 23.7 Å². The molecule has 6 heteroatoms. The van der Waals surface area contributed by atoms with E-state index in [0.717, 1.165) is 11.8 Å². The molecule has 3 fully saturated rings. The van der Waals surface area contributed by atoms with Gasteiger partial charge in [-0.3, -0.25) is 5.10 Å². The Labute approximate surface area is 100 Å². The summed E-state index contributed by atoms with van der Waals surface area (Å²) in [7, 11) is -3.38. The zero-order valence-corrected chi connectivity index (χ0v) is 10.2. The Hall–Kier alpha value is -0.880. The average molecular weight is 253 g/mol. The lowest BCUT2D eigenvalue weighted by molar-refractivity contribution is 0.456. The molecule has 1 aromatic heterocycles. The summed E-state index contributed by atoms with van der Waals surface area (Å²) in [5.41, 5.74) is 0. The molecule has 4 rings (SSSR count). The molecule has 0 amide bonds. The van der Waals surface area contributed by atoms with Crippen LogP contribution in [0.5, 0.6) is 0 Å². The van der Waals surface area contributed by atoms with Gasteiger partial charge in [-0.25, -0.2) is 13.1 Å². The quantitative estimate of drug-likeness (QED) is 0.834. The minimum absolute atomic E-state index is 0.176. The Morgan fingerprint density at radius 2 is 2.00 bits per heavy atom. The summed E-state index contributed by atoms with van der Waals surface area (Å²) in [4.78, 5) is 0. The van der Waals surface area contributed by atoms with Gasteiger partial charge in [-0.2, -0.15) is 5.10 Å². The van der Waals surface area contributed by atoms with Crippen LogP contribution in [-0.4, -0.2) is 24.7 Å². The summed E-state index contributed by atoms with van der Waals surface area (Å²) in [6, 6.07) is 1.68. The van der Waals surface area contributed by atoms with E-state index in [2.05, 4.69) is 14.9 Å². The van der Waals surface area contributed by atoms with Gasteiger partial charge in [0, 0.05) is 6.04 Å². The van der Waals surface area contributed by atoms with Gasteiger partial charge >= 0.3 is 0 Å². The molecule has 17 heavy (non-hydrogen) atoms. The molecule has 0 aliphatic heterocycles. The van der Waals surface area contributed by atoms with Crippen LogP contribution in [0.3, 0.4) is 0 Å². The van der Waals surface area contributed by atoms with Gasteiger partial charge in [0.05, 0.1) is 6.20 Å². The Morgan fingerprint density at radius 3 is 2.59 bits per heavy atom. The molecule has 3 aliphatic rings. The number of fused-ring (bicyclic) bond motifs is 5. The highest BCUT2D eigenvalue weighted by molar-refractivity contribution is 7.89. The van der Waals surface area contributed by atoms with E-state index >= 15 is 0 Å². The summed E-state index contributed by atoms with van der Waals surface area (Å²) >= 11 is 0. The number of sulfonamides is 1. The molecule has 0 radical (unpaired) electrons. The van der Waals surface area contributed by atoms with Crippen LogP contribution in [0.4, 0.5) is 0 Å². The number of nitrogens with zero attached hydrogens (tertiary/aromatic N) is 1. The third-order valence-electron chi connectivity index (χ3n) is 4.79. The molecule has 2 bridgehead atoms. The molecule has 0 aromatic carbocycles. The summed E-state index contributed by atoms with van der Waals surface area (Å²) < 4.78 is 26.9. The highest BCUT2D eigenvalue weighted by atomic mass is 32.2. The molecule has 92 valence electrons. The molecular formula is C11H15N3O2S. The summed E-state index contributed by atoms with van der Waals surface area (Å²) in [6.45, 7) is 0. The van der Waals surface area contributed by atoms with E-state index in [1.54, 1.807) is 0 Å².